The molecule has 1 heterocycles. The van der Waals surface area contributed by atoms with E-state index >= 15 is 0 Å². The molecular formula is C20H20ClN. The van der Waals surface area contributed by atoms with Crippen LogP contribution in [0.1, 0.15) is 40.6 Å². The number of benzene rings is 2. The number of nitrogens with one attached hydrogen (secondary N) is 1. The Kier molecular flexibility index (Phi) is 3.27. The fraction of sp³-hybridized carbons (Fsp3) is 0.300. The van der Waals surface area contributed by atoms with Crippen molar-refractivity contribution in [3.05, 3.63) is 75.8 Å². The van der Waals surface area contributed by atoms with E-state index in [9.17, 15) is 0 Å². The first-order valence-corrected chi connectivity index (χ1v) is 8.31. The molecule has 2 aromatic carbocycles. The van der Waals surface area contributed by atoms with Crippen LogP contribution in [-0.2, 0) is 0 Å². The van der Waals surface area contributed by atoms with Gasteiger partial charge in [0.1, 0.15) is 0 Å². The van der Waals surface area contributed by atoms with Gasteiger partial charge in [0.05, 0.1) is 6.04 Å². The Balaban J connectivity index is 1.86. The van der Waals surface area contributed by atoms with Gasteiger partial charge in [-0.15, -0.1) is 0 Å². The van der Waals surface area contributed by atoms with E-state index in [1.807, 2.05) is 12.1 Å². The predicted octanol–water partition coefficient (Wildman–Crippen LogP) is 5.78. The number of hydrogen-bond donors (Lipinski definition) is 1. The minimum absolute atomic E-state index is 0.280. The van der Waals surface area contributed by atoms with E-state index < -0.39 is 0 Å². The monoisotopic (exact) mass is 309 g/mol. The Labute approximate surface area is 137 Å². The second kappa shape index (κ2) is 5.17. The highest BCUT2D eigenvalue weighted by Crippen LogP contribution is 2.51. The molecule has 1 nitrogen and oxygen atoms in total. The molecule has 0 radical (unpaired) electrons. The summed E-state index contributed by atoms with van der Waals surface area (Å²) in [4.78, 5) is 0. The average Bonchev–Trinajstić information content (AvgIpc) is 2.97. The Hall–Kier alpha value is -1.73. The van der Waals surface area contributed by atoms with Gasteiger partial charge in [-0.2, -0.15) is 0 Å². The van der Waals surface area contributed by atoms with Crippen molar-refractivity contribution in [3.8, 4) is 0 Å². The third-order valence-electron chi connectivity index (χ3n) is 5.05. The fourth-order valence-electron chi connectivity index (χ4n) is 4.11. The molecule has 2 heteroatoms. The summed E-state index contributed by atoms with van der Waals surface area (Å²) in [6.45, 7) is 4.38. The standard InChI is InChI=1S/C20H20ClN/c1-12-10-13(2)19-17(11-12)14-7-5-8-15(14)20(22-19)16-6-3-4-9-18(16)21/h3-7,9-11,14-15,20,22H,8H2,1-2H3/t14-,15-,20+/m1/s1. The van der Waals surface area contributed by atoms with E-state index in [0.29, 0.717) is 11.8 Å². The zero-order valence-electron chi connectivity index (χ0n) is 12.9. The number of hydrogen-bond acceptors (Lipinski definition) is 1. The molecule has 0 amide bonds. The Morgan fingerprint density at radius 1 is 1.09 bits per heavy atom. The number of allylic oxidation sites excluding steroid dienone is 2. The van der Waals surface area contributed by atoms with Crippen LogP contribution in [0.3, 0.4) is 0 Å². The lowest BCUT2D eigenvalue weighted by molar-refractivity contribution is 0.425. The van der Waals surface area contributed by atoms with E-state index in [1.165, 1.54) is 27.9 Å². The molecule has 0 bridgehead atoms. The Morgan fingerprint density at radius 3 is 2.73 bits per heavy atom. The second-order valence-electron chi connectivity index (χ2n) is 6.54. The molecule has 3 atom stereocenters. The van der Waals surface area contributed by atoms with Crippen molar-refractivity contribution in [2.45, 2.75) is 32.2 Å². The zero-order valence-corrected chi connectivity index (χ0v) is 13.7. The Bertz CT molecular complexity index is 762. The van der Waals surface area contributed by atoms with E-state index in [4.69, 9.17) is 11.6 Å². The van der Waals surface area contributed by atoms with Crippen LogP contribution in [0, 0.1) is 19.8 Å². The molecular weight excluding hydrogens is 290 g/mol. The highest BCUT2D eigenvalue weighted by atomic mass is 35.5. The van der Waals surface area contributed by atoms with Gasteiger partial charge in [0, 0.05) is 16.6 Å². The molecule has 4 rings (SSSR count). The van der Waals surface area contributed by atoms with Gasteiger partial charge in [0.15, 0.2) is 0 Å². The summed E-state index contributed by atoms with van der Waals surface area (Å²) >= 11 is 6.48. The summed E-state index contributed by atoms with van der Waals surface area (Å²) in [5.41, 5.74) is 6.62. The number of anilines is 1. The fourth-order valence-corrected chi connectivity index (χ4v) is 4.36. The van der Waals surface area contributed by atoms with Crippen LogP contribution in [0.25, 0.3) is 0 Å². The van der Waals surface area contributed by atoms with Crippen LogP contribution in [0.5, 0.6) is 0 Å². The lowest BCUT2D eigenvalue weighted by Gasteiger charge is -2.39. The first kappa shape index (κ1) is 13.9. The third-order valence-corrected chi connectivity index (χ3v) is 5.39. The first-order valence-electron chi connectivity index (χ1n) is 7.94. The molecule has 0 unspecified atom stereocenters. The molecule has 0 saturated carbocycles. The average molecular weight is 310 g/mol. The highest BCUT2D eigenvalue weighted by molar-refractivity contribution is 6.31. The molecule has 1 N–H and O–H groups in total. The molecule has 1 aliphatic heterocycles. The van der Waals surface area contributed by atoms with Crippen molar-refractivity contribution in [2.75, 3.05) is 5.32 Å². The number of rotatable bonds is 1. The third kappa shape index (κ3) is 2.07. The van der Waals surface area contributed by atoms with Crippen LogP contribution >= 0.6 is 11.6 Å². The van der Waals surface area contributed by atoms with E-state index in [-0.39, 0.29) is 6.04 Å². The summed E-state index contributed by atoms with van der Waals surface area (Å²) in [7, 11) is 0. The minimum Gasteiger partial charge on any atom is -0.377 e. The molecule has 0 fully saturated rings. The molecule has 22 heavy (non-hydrogen) atoms. The van der Waals surface area contributed by atoms with Crippen LogP contribution < -0.4 is 5.32 Å². The zero-order chi connectivity index (χ0) is 15.3. The summed E-state index contributed by atoms with van der Waals surface area (Å²) < 4.78 is 0. The van der Waals surface area contributed by atoms with Gasteiger partial charge in [-0.25, -0.2) is 0 Å². The van der Waals surface area contributed by atoms with Gasteiger partial charge in [0.2, 0.25) is 0 Å². The van der Waals surface area contributed by atoms with Gasteiger partial charge in [-0.05, 0) is 48.9 Å². The maximum Gasteiger partial charge on any atom is 0.0568 e. The van der Waals surface area contributed by atoms with E-state index in [0.717, 1.165) is 11.4 Å². The van der Waals surface area contributed by atoms with Crippen molar-refractivity contribution < 1.29 is 0 Å². The first-order chi connectivity index (χ1) is 10.6. The van der Waals surface area contributed by atoms with Gasteiger partial charge >= 0.3 is 0 Å². The van der Waals surface area contributed by atoms with Gasteiger partial charge < -0.3 is 5.32 Å². The van der Waals surface area contributed by atoms with Crippen LogP contribution in [0.4, 0.5) is 5.69 Å². The van der Waals surface area contributed by atoms with Gasteiger partial charge in [0.25, 0.3) is 0 Å². The molecule has 0 spiro atoms. The molecule has 0 aromatic heterocycles. The van der Waals surface area contributed by atoms with Crippen LogP contribution in [0.15, 0.2) is 48.6 Å². The van der Waals surface area contributed by atoms with Crippen LogP contribution in [-0.4, -0.2) is 0 Å². The lowest BCUT2D eigenvalue weighted by Crippen LogP contribution is -2.29. The van der Waals surface area contributed by atoms with Crippen molar-refractivity contribution in [1.82, 2.24) is 0 Å². The summed E-state index contributed by atoms with van der Waals surface area (Å²) in [5, 5.41) is 4.66. The SMILES string of the molecule is Cc1cc(C)c2c(c1)[C@@H]1C=CC[C@H]1[C@@H](c1ccccc1Cl)N2. The lowest BCUT2D eigenvalue weighted by atomic mass is 9.76. The van der Waals surface area contributed by atoms with Gasteiger partial charge in [-0.1, -0.05) is 59.6 Å². The Morgan fingerprint density at radius 2 is 1.91 bits per heavy atom. The normalized spacial score (nSPS) is 25.5. The smallest absolute Gasteiger partial charge is 0.0568 e. The number of halogens is 1. The second-order valence-corrected chi connectivity index (χ2v) is 6.95. The maximum atomic E-state index is 6.48. The van der Waals surface area contributed by atoms with Crippen LogP contribution in [0.2, 0.25) is 5.02 Å². The predicted molar refractivity (Wildman–Crippen MR) is 93.7 cm³/mol. The largest absolute Gasteiger partial charge is 0.377 e. The van der Waals surface area contributed by atoms with Crippen molar-refractivity contribution in [2.24, 2.45) is 5.92 Å². The summed E-state index contributed by atoms with van der Waals surface area (Å²) in [6, 6.07) is 13.1. The quantitative estimate of drug-likeness (QED) is 0.658. The highest BCUT2D eigenvalue weighted by Gasteiger charge is 2.39. The topological polar surface area (TPSA) is 12.0 Å². The minimum atomic E-state index is 0.280. The van der Waals surface area contributed by atoms with Crippen molar-refractivity contribution >= 4 is 17.3 Å². The van der Waals surface area contributed by atoms with Crippen molar-refractivity contribution in [1.29, 1.82) is 0 Å². The summed E-state index contributed by atoms with van der Waals surface area (Å²) in [6.07, 6.45) is 5.82. The number of aryl methyl sites for hydroxylation is 2. The molecule has 2 aliphatic rings. The van der Waals surface area contributed by atoms with Crippen molar-refractivity contribution in [3.63, 3.8) is 0 Å². The molecule has 2 aromatic rings. The van der Waals surface area contributed by atoms with E-state index in [2.05, 4.69) is 55.6 Å². The molecule has 0 saturated heterocycles. The van der Waals surface area contributed by atoms with E-state index in [1.54, 1.807) is 0 Å². The molecule has 112 valence electrons. The maximum absolute atomic E-state index is 6.48. The molecule has 1 aliphatic carbocycles. The summed E-state index contributed by atoms with van der Waals surface area (Å²) in [5.74, 6) is 1.05. The number of fused-ring (bicyclic) bond motifs is 3. The van der Waals surface area contributed by atoms with Gasteiger partial charge in [-0.3, -0.25) is 0 Å².